The van der Waals surface area contributed by atoms with E-state index in [0.29, 0.717) is 40.5 Å². The number of halogens is 1. The van der Waals surface area contributed by atoms with Crippen molar-refractivity contribution in [3.8, 4) is 0 Å². The van der Waals surface area contributed by atoms with Gasteiger partial charge < -0.3 is 10.3 Å². The lowest BCUT2D eigenvalue weighted by Crippen LogP contribution is -2.45. The fourth-order valence-corrected chi connectivity index (χ4v) is 5.37. The van der Waals surface area contributed by atoms with Crippen molar-refractivity contribution in [3.63, 3.8) is 0 Å². The van der Waals surface area contributed by atoms with E-state index in [1.807, 2.05) is 0 Å². The average Bonchev–Trinajstić information content (AvgIpc) is 2.79. The standard InChI is InChI=1S/C24H27ClN4O4S/c1-15-5-9-18(10-6-15)26-24(31)29-34(32,33)19-4-2-3-16(13-19)7-12-22-27-21-11-8-17(25)14-20(21)23(30)28-22/h2-4,8,11,13-15,18H,5-7,9-10,12H2,1H3,(H2,26,29,31)(H,27,28,30). The van der Waals surface area contributed by atoms with E-state index < -0.39 is 16.1 Å². The molecule has 3 aromatic rings. The molecule has 0 unspecified atom stereocenters. The highest BCUT2D eigenvalue weighted by Gasteiger charge is 2.23. The minimum Gasteiger partial charge on any atom is -0.335 e. The highest BCUT2D eigenvalue weighted by molar-refractivity contribution is 7.90. The summed E-state index contributed by atoms with van der Waals surface area (Å²) in [6.45, 7) is 2.18. The molecule has 4 rings (SSSR count). The van der Waals surface area contributed by atoms with Gasteiger partial charge in [0.2, 0.25) is 0 Å². The summed E-state index contributed by atoms with van der Waals surface area (Å²) >= 11 is 5.95. The second-order valence-electron chi connectivity index (χ2n) is 8.86. The molecule has 0 spiro atoms. The molecule has 2 amide bonds. The lowest BCUT2D eigenvalue weighted by molar-refractivity contribution is 0.233. The molecule has 8 nitrogen and oxygen atoms in total. The van der Waals surface area contributed by atoms with Crippen LogP contribution in [0.2, 0.25) is 5.02 Å². The number of carbonyl (C=O) groups excluding carboxylic acids is 1. The summed E-state index contributed by atoms with van der Waals surface area (Å²) in [5, 5.41) is 3.64. The molecule has 180 valence electrons. The lowest BCUT2D eigenvalue weighted by atomic mass is 9.87. The second kappa shape index (κ2) is 10.1. The van der Waals surface area contributed by atoms with E-state index in [4.69, 9.17) is 11.6 Å². The van der Waals surface area contributed by atoms with Crippen LogP contribution in [0.25, 0.3) is 10.9 Å². The van der Waals surface area contributed by atoms with Crippen molar-refractivity contribution >= 4 is 38.6 Å². The van der Waals surface area contributed by atoms with E-state index in [0.717, 1.165) is 31.2 Å². The first kappa shape index (κ1) is 24.2. The largest absolute Gasteiger partial charge is 0.335 e. The highest BCUT2D eigenvalue weighted by atomic mass is 35.5. The van der Waals surface area contributed by atoms with Gasteiger partial charge in [-0.1, -0.05) is 30.7 Å². The van der Waals surface area contributed by atoms with Crippen LogP contribution < -0.4 is 15.6 Å². The molecule has 1 aliphatic carbocycles. The van der Waals surface area contributed by atoms with E-state index in [-0.39, 0.29) is 16.5 Å². The Bertz CT molecular complexity index is 1360. The Morgan fingerprint density at radius 1 is 1.12 bits per heavy atom. The number of urea groups is 1. The van der Waals surface area contributed by atoms with Gasteiger partial charge in [-0.3, -0.25) is 4.79 Å². The zero-order valence-corrected chi connectivity index (χ0v) is 20.4. The van der Waals surface area contributed by atoms with Crippen molar-refractivity contribution in [2.75, 3.05) is 0 Å². The lowest BCUT2D eigenvalue weighted by Gasteiger charge is -2.26. The molecular formula is C24H27ClN4O4S. The van der Waals surface area contributed by atoms with Crippen molar-refractivity contribution in [3.05, 3.63) is 69.2 Å². The topological polar surface area (TPSA) is 121 Å². The Labute approximate surface area is 203 Å². The van der Waals surface area contributed by atoms with E-state index in [1.54, 1.807) is 30.3 Å². The van der Waals surface area contributed by atoms with E-state index >= 15 is 0 Å². The number of aromatic nitrogens is 2. The molecule has 1 saturated carbocycles. The maximum Gasteiger partial charge on any atom is 0.328 e. The molecular weight excluding hydrogens is 476 g/mol. The van der Waals surface area contributed by atoms with Crippen LogP contribution in [0, 0.1) is 5.92 Å². The predicted octanol–water partition coefficient (Wildman–Crippen LogP) is 3.93. The number of rotatable bonds is 6. The van der Waals surface area contributed by atoms with Crippen LogP contribution in [0.3, 0.4) is 0 Å². The van der Waals surface area contributed by atoms with Gasteiger partial charge in [-0.2, -0.15) is 0 Å². The van der Waals surface area contributed by atoms with E-state index in [1.165, 1.54) is 12.1 Å². The van der Waals surface area contributed by atoms with Crippen molar-refractivity contribution < 1.29 is 13.2 Å². The SMILES string of the molecule is CC1CCC(NC(=O)NS(=O)(=O)c2cccc(CCc3nc4ccc(Cl)cc4c(=O)[nH]3)c2)CC1. The Balaban J connectivity index is 1.41. The Morgan fingerprint density at radius 2 is 1.88 bits per heavy atom. The summed E-state index contributed by atoms with van der Waals surface area (Å²) in [6.07, 6.45) is 4.60. The van der Waals surface area contributed by atoms with Crippen molar-refractivity contribution in [1.82, 2.24) is 20.0 Å². The van der Waals surface area contributed by atoms with Gasteiger partial charge in [-0.05, 0) is 73.9 Å². The van der Waals surface area contributed by atoms with E-state index in [2.05, 4.69) is 26.9 Å². The first-order valence-electron chi connectivity index (χ1n) is 11.3. The average molecular weight is 503 g/mol. The Morgan fingerprint density at radius 3 is 2.65 bits per heavy atom. The Kier molecular flexibility index (Phi) is 7.23. The number of hydrogen-bond donors (Lipinski definition) is 3. The van der Waals surface area contributed by atoms with Gasteiger partial charge in [0.05, 0.1) is 15.8 Å². The number of hydrogen-bond acceptors (Lipinski definition) is 5. The summed E-state index contributed by atoms with van der Waals surface area (Å²) in [5.74, 6) is 1.13. The summed E-state index contributed by atoms with van der Waals surface area (Å²) in [7, 11) is -4.01. The number of carbonyl (C=O) groups is 1. The molecule has 0 saturated heterocycles. The van der Waals surface area contributed by atoms with Gasteiger partial charge >= 0.3 is 6.03 Å². The number of benzene rings is 2. The predicted molar refractivity (Wildman–Crippen MR) is 131 cm³/mol. The number of nitrogens with one attached hydrogen (secondary N) is 3. The monoisotopic (exact) mass is 502 g/mol. The number of fused-ring (bicyclic) bond motifs is 1. The minimum absolute atomic E-state index is 0.00650. The van der Waals surface area contributed by atoms with Crippen LogP contribution in [0.1, 0.15) is 44.0 Å². The van der Waals surface area contributed by atoms with Gasteiger partial charge in [-0.15, -0.1) is 0 Å². The van der Waals surface area contributed by atoms with Crippen LogP contribution in [0.15, 0.2) is 52.2 Å². The van der Waals surface area contributed by atoms with Crippen molar-refractivity contribution in [2.45, 2.75) is 56.4 Å². The minimum atomic E-state index is -4.01. The summed E-state index contributed by atoms with van der Waals surface area (Å²) in [4.78, 5) is 31.8. The number of H-pyrrole nitrogens is 1. The molecule has 0 bridgehead atoms. The number of aryl methyl sites for hydroxylation is 2. The first-order chi connectivity index (χ1) is 16.2. The van der Waals surface area contributed by atoms with Gasteiger partial charge in [0.1, 0.15) is 5.82 Å². The van der Waals surface area contributed by atoms with Gasteiger partial charge in [-0.25, -0.2) is 22.9 Å². The molecule has 10 heteroatoms. The molecule has 0 aliphatic heterocycles. The number of sulfonamides is 1. The maximum absolute atomic E-state index is 12.7. The molecule has 2 aromatic carbocycles. The van der Waals surface area contributed by atoms with Gasteiger partial charge in [0, 0.05) is 17.5 Å². The van der Waals surface area contributed by atoms with Gasteiger partial charge in [0.25, 0.3) is 15.6 Å². The molecule has 34 heavy (non-hydrogen) atoms. The van der Waals surface area contributed by atoms with Crippen LogP contribution in [0.4, 0.5) is 4.79 Å². The van der Waals surface area contributed by atoms with Crippen LogP contribution in [0.5, 0.6) is 0 Å². The maximum atomic E-state index is 12.7. The number of nitrogens with zero attached hydrogens (tertiary/aromatic N) is 1. The molecule has 0 atom stereocenters. The van der Waals surface area contributed by atoms with E-state index in [9.17, 15) is 18.0 Å². The van der Waals surface area contributed by atoms with Crippen LogP contribution in [-0.4, -0.2) is 30.5 Å². The third-order valence-corrected chi connectivity index (χ3v) is 7.72. The molecule has 1 heterocycles. The smallest absolute Gasteiger partial charge is 0.328 e. The van der Waals surface area contributed by atoms with Crippen LogP contribution in [-0.2, 0) is 22.9 Å². The van der Waals surface area contributed by atoms with Crippen LogP contribution >= 0.6 is 11.6 Å². The normalized spacial score (nSPS) is 18.5. The zero-order chi connectivity index (χ0) is 24.3. The molecule has 1 aromatic heterocycles. The summed E-state index contributed by atoms with van der Waals surface area (Å²) < 4.78 is 27.6. The third-order valence-electron chi connectivity index (χ3n) is 6.15. The zero-order valence-electron chi connectivity index (χ0n) is 18.8. The molecule has 0 radical (unpaired) electrons. The number of aromatic amines is 1. The molecule has 3 N–H and O–H groups in total. The molecule has 1 aliphatic rings. The highest BCUT2D eigenvalue weighted by Crippen LogP contribution is 2.23. The first-order valence-corrected chi connectivity index (χ1v) is 13.2. The number of amides is 2. The summed E-state index contributed by atoms with van der Waals surface area (Å²) in [5.41, 5.74) is 1.01. The third kappa shape index (κ3) is 5.95. The summed E-state index contributed by atoms with van der Waals surface area (Å²) in [6, 6.07) is 10.6. The second-order valence-corrected chi connectivity index (χ2v) is 11.0. The van der Waals surface area contributed by atoms with Gasteiger partial charge in [0.15, 0.2) is 0 Å². The fourth-order valence-electron chi connectivity index (χ4n) is 4.21. The van der Waals surface area contributed by atoms with Crippen molar-refractivity contribution in [2.24, 2.45) is 5.92 Å². The van der Waals surface area contributed by atoms with Crippen molar-refractivity contribution in [1.29, 1.82) is 0 Å². The fraction of sp³-hybridized carbons (Fsp3) is 0.375. The Hall–Kier alpha value is -2.91. The molecule has 1 fully saturated rings. The quantitative estimate of drug-likeness (QED) is 0.471.